The summed E-state index contributed by atoms with van der Waals surface area (Å²) in [5.74, 6) is 1.35. The van der Waals surface area contributed by atoms with Gasteiger partial charge >= 0.3 is 0 Å². The first kappa shape index (κ1) is 17.3. The van der Waals surface area contributed by atoms with Crippen LogP contribution in [0.25, 0.3) is 5.69 Å². The van der Waals surface area contributed by atoms with Crippen LogP contribution in [0.1, 0.15) is 12.0 Å². The van der Waals surface area contributed by atoms with Crippen LogP contribution in [-0.2, 0) is 6.61 Å². The van der Waals surface area contributed by atoms with E-state index in [0.29, 0.717) is 24.6 Å². The average Bonchev–Trinajstić information content (AvgIpc) is 3.14. The third-order valence-corrected chi connectivity index (χ3v) is 4.64. The van der Waals surface area contributed by atoms with Gasteiger partial charge in [-0.2, -0.15) is 0 Å². The van der Waals surface area contributed by atoms with Gasteiger partial charge < -0.3 is 14.7 Å². The summed E-state index contributed by atoms with van der Waals surface area (Å²) in [4.78, 5) is 18.9. The molecule has 27 heavy (non-hydrogen) atoms. The summed E-state index contributed by atoms with van der Waals surface area (Å²) in [6.45, 7) is 1.81. The number of pyridine rings is 2. The molecule has 3 heterocycles. The highest BCUT2D eigenvalue weighted by molar-refractivity contribution is 5.44. The number of ether oxygens (including phenoxy) is 1. The number of aromatic nitrogens is 2. The van der Waals surface area contributed by atoms with Crippen molar-refractivity contribution in [2.24, 2.45) is 0 Å². The first-order chi connectivity index (χ1) is 13.2. The minimum absolute atomic E-state index is 0.174. The molecule has 0 amide bonds. The fraction of sp³-hybridized carbons (Fsp3) is 0.238. The number of aliphatic hydroxyl groups is 1. The molecular weight excluding hydrogens is 342 g/mol. The molecular formula is C21H21N3O3. The van der Waals surface area contributed by atoms with Crippen molar-refractivity contribution < 1.29 is 9.84 Å². The van der Waals surface area contributed by atoms with Gasteiger partial charge in [-0.25, -0.2) is 4.98 Å². The van der Waals surface area contributed by atoms with Gasteiger partial charge in [0.1, 0.15) is 18.2 Å². The molecule has 0 unspecified atom stereocenters. The summed E-state index contributed by atoms with van der Waals surface area (Å²) in [5.41, 5.74) is 1.57. The number of aliphatic hydroxyl groups excluding tert-OH is 1. The summed E-state index contributed by atoms with van der Waals surface area (Å²) < 4.78 is 7.23. The van der Waals surface area contributed by atoms with Crippen molar-refractivity contribution in [3.8, 4) is 11.4 Å². The van der Waals surface area contributed by atoms with Gasteiger partial charge in [0.05, 0.1) is 18.0 Å². The maximum atomic E-state index is 12.4. The molecule has 2 aromatic heterocycles. The Kier molecular flexibility index (Phi) is 4.89. The van der Waals surface area contributed by atoms with Crippen LogP contribution in [0.3, 0.4) is 0 Å². The Morgan fingerprint density at radius 3 is 2.67 bits per heavy atom. The highest BCUT2D eigenvalue weighted by Gasteiger charge is 2.21. The zero-order chi connectivity index (χ0) is 18.6. The maximum Gasteiger partial charge on any atom is 0.258 e. The predicted octanol–water partition coefficient (Wildman–Crippen LogP) is 2.38. The Morgan fingerprint density at radius 1 is 1.15 bits per heavy atom. The molecule has 1 saturated heterocycles. The van der Waals surface area contributed by atoms with Crippen LogP contribution >= 0.6 is 0 Å². The van der Waals surface area contributed by atoms with Gasteiger partial charge in [0, 0.05) is 25.4 Å². The molecule has 3 aromatic rings. The smallest absolute Gasteiger partial charge is 0.258 e. The molecule has 6 heteroatoms. The van der Waals surface area contributed by atoms with E-state index in [2.05, 4.69) is 4.98 Å². The number of hydrogen-bond donors (Lipinski definition) is 1. The summed E-state index contributed by atoms with van der Waals surface area (Å²) in [6.07, 6.45) is 3.83. The Bertz CT molecular complexity index is 954. The molecule has 1 aromatic carbocycles. The number of nitrogens with zero attached hydrogens (tertiary/aromatic N) is 3. The zero-order valence-electron chi connectivity index (χ0n) is 14.9. The van der Waals surface area contributed by atoms with E-state index in [0.717, 1.165) is 24.3 Å². The topological polar surface area (TPSA) is 67.6 Å². The lowest BCUT2D eigenvalue weighted by Gasteiger charge is -2.17. The van der Waals surface area contributed by atoms with Crippen molar-refractivity contribution in [3.63, 3.8) is 0 Å². The van der Waals surface area contributed by atoms with E-state index < -0.39 is 0 Å². The third-order valence-electron chi connectivity index (χ3n) is 4.64. The van der Waals surface area contributed by atoms with Gasteiger partial charge in [0.2, 0.25) is 0 Å². The molecule has 6 nitrogen and oxygen atoms in total. The molecule has 1 aliphatic rings. The van der Waals surface area contributed by atoms with Gasteiger partial charge in [0.15, 0.2) is 0 Å². The van der Waals surface area contributed by atoms with E-state index in [-0.39, 0.29) is 11.7 Å². The quantitative estimate of drug-likeness (QED) is 0.754. The number of hydrogen-bond acceptors (Lipinski definition) is 5. The number of anilines is 1. The molecule has 0 bridgehead atoms. The Labute approximate surface area is 157 Å². The second kappa shape index (κ2) is 7.63. The summed E-state index contributed by atoms with van der Waals surface area (Å²) in [6, 6.07) is 16.8. The van der Waals surface area contributed by atoms with Crippen molar-refractivity contribution >= 4 is 5.82 Å². The molecule has 1 N–H and O–H groups in total. The van der Waals surface area contributed by atoms with Crippen LogP contribution in [0, 0.1) is 0 Å². The largest absolute Gasteiger partial charge is 0.489 e. The number of β-amino-alcohol motifs (C(OH)–C–C–N with tert-alkyl or cyclic N) is 1. The summed E-state index contributed by atoms with van der Waals surface area (Å²) in [5, 5.41) is 9.65. The Morgan fingerprint density at radius 2 is 2.00 bits per heavy atom. The molecule has 4 rings (SSSR count). The molecule has 1 fully saturated rings. The van der Waals surface area contributed by atoms with Gasteiger partial charge in [-0.1, -0.05) is 30.3 Å². The van der Waals surface area contributed by atoms with Crippen molar-refractivity contribution in [1.29, 1.82) is 0 Å². The minimum atomic E-state index is -0.294. The summed E-state index contributed by atoms with van der Waals surface area (Å²) in [7, 11) is 0. The fourth-order valence-electron chi connectivity index (χ4n) is 3.16. The molecule has 138 valence electrons. The van der Waals surface area contributed by atoms with E-state index in [1.807, 2.05) is 47.4 Å². The SMILES string of the molecule is O=c1cc(OCc2ccccc2)ccn1-c1ccc(N2CC[C@H](O)C2)nc1. The molecule has 0 aliphatic carbocycles. The second-order valence-corrected chi connectivity index (χ2v) is 6.61. The molecule has 1 aliphatic heterocycles. The van der Waals surface area contributed by atoms with Crippen LogP contribution in [0.5, 0.6) is 5.75 Å². The minimum Gasteiger partial charge on any atom is -0.489 e. The van der Waals surface area contributed by atoms with Crippen LogP contribution in [-0.4, -0.2) is 33.9 Å². The van der Waals surface area contributed by atoms with E-state index >= 15 is 0 Å². The Balaban J connectivity index is 1.46. The first-order valence-electron chi connectivity index (χ1n) is 8.98. The lowest BCUT2D eigenvalue weighted by Crippen LogP contribution is -2.22. The number of rotatable bonds is 5. The summed E-state index contributed by atoms with van der Waals surface area (Å²) >= 11 is 0. The van der Waals surface area contributed by atoms with Gasteiger partial charge in [-0.3, -0.25) is 9.36 Å². The molecule has 0 radical (unpaired) electrons. The molecule has 1 atom stereocenters. The van der Waals surface area contributed by atoms with Crippen molar-refractivity contribution in [2.75, 3.05) is 18.0 Å². The van der Waals surface area contributed by atoms with Crippen LogP contribution in [0.2, 0.25) is 0 Å². The van der Waals surface area contributed by atoms with Crippen molar-refractivity contribution in [1.82, 2.24) is 9.55 Å². The van der Waals surface area contributed by atoms with Gasteiger partial charge in [-0.15, -0.1) is 0 Å². The number of benzene rings is 1. The predicted molar refractivity (Wildman–Crippen MR) is 103 cm³/mol. The highest BCUT2D eigenvalue weighted by atomic mass is 16.5. The highest BCUT2D eigenvalue weighted by Crippen LogP contribution is 2.19. The lowest BCUT2D eigenvalue weighted by molar-refractivity contribution is 0.198. The van der Waals surface area contributed by atoms with Gasteiger partial charge in [-0.05, 0) is 30.2 Å². The fourth-order valence-corrected chi connectivity index (χ4v) is 3.16. The maximum absolute atomic E-state index is 12.4. The standard InChI is InChI=1S/C21H21N3O3/c25-18-8-10-23(14-18)20-7-6-17(13-22-20)24-11-9-19(12-21(24)26)27-15-16-4-2-1-3-5-16/h1-7,9,11-13,18,25H,8,10,14-15H2/t18-/m0/s1. The lowest BCUT2D eigenvalue weighted by atomic mass is 10.2. The van der Waals surface area contributed by atoms with Crippen molar-refractivity contribution in [3.05, 3.63) is 82.9 Å². The van der Waals surface area contributed by atoms with E-state index in [9.17, 15) is 9.90 Å². The van der Waals surface area contributed by atoms with Crippen LogP contribution in [0.15, 0.2) is 71.8 Å². The average molecular weight is 363 g/mol. The van der Waals surface area contributed by atoms with E-state index in [4.69, 9.17) is 4.74 Å². The monoisotopic (exact) mass is 363 g/mol. The van der Waals surface area contributed by atoms with Crippen LogP contribution < -0.4 is 15.2 Å². The zero-order valence-corrected chi connectivity index (χ0v) is 14.9. The third kappa shape index (κ3) is 4.01. The molecule has 0 saturated carbocycles. The van der Waals surface area contributed by atoms with Gasteiger partial charge in [0.25, 0.3) is 5.56 Å². The first-order valence-corrected chi connectivity index (χ1v) is 8.98. The Hall–Kier alpha value is -3.12. The van der Waals surface area contributed by atoms with E-state index in [1.54, 1.807) is 18.5 Å². The second-order valence-electron chi connectivity index (χ2n) is 6.61. The van der Waals surface area contributed by atoms with E-state index in [1.165, 1.54) is 10.6 Å². The normalized spacial score (nSPS) is 16.5. The van der Waals surface area contributed by atoms with Crippen LogP contribution in [0.4, 0.5) is 5.82 Å². The van der Waals surface area contributed by atoms with Crippen molar-refractivity contribution in [2.45, 2.75) is 19.1 Å². The molecule has 0 spiro atoms.